The maximum atomic E-state index is 12.7. The van der Waals surface area contributed by atoms with Crippen molar-refractivity contribution in [2.45, 2.75) is 0 Å². The van der Waals surface area contributed by atoms with Crippen molar-refractivity contribution in [2.75, 3.05) is 0 Å². The van der Waals surface area contributed by atoms with Gasteiger partial charge in [-0.1, -0.05) is 34.1 Å². The summed E-state index contributed by atoms with van der Waals surface area (Å²) >= 11 is 5.09. The van der Waals surface area contributed by atoms with E-state index in [-0.39, 0.29) is 5.56 Å². The molecule has 5 heteroatoms. The van der Waals surface area contributed by atoms with Gasteiger partial charge in [0.1, 0.15) is 0 Å². The Kier molecular flexibility index (Phi) is 4.34. The molecule has 1 aromatic carbocycles. The van der Waals surface area contributed by atoms with Crippen LogP contribution in [0.2, 0.25) is 0 Å². The molecule has 0 spiro atoms. The Morgan fingerprint density at radius 2 is 2.00 bits per heavy atom. The maximum absolute atomic E-state index is 12.7. The summed E-state index contributed by atoms with van der Waals surface area (Å²) in [6.07, 6.45) is 5.67. The van der Waals surface area contributed by atoms with Gasteiger partial charge in [-0.3, -0.25) is 9.78 Å². The molecule has 0 unspecified atom stereocenters. The summed E-state index contributed by atoms with van der Waals surface area (Å²) in [5.74, 6) is 0. The molecular formula is C20H13BrN2OS. The van der Waals surface area contributed by atoms with Crippen LogP contribution in [-0.4, -0.2) is 9.97 Å². The molecule has 4 aromatic rings. The lowest BCUT2D eigenvalue weighted by Crippen LogP contribution is -2.10. The molecule has 0 bridgehead atoms. The molecule has 3 heterocycles. The highest BCUT2D eigenvalue weighted by Gasteiger charge is 2.14. The number of benzene rings is 1. The third kappa shape index (κ3) is 3.21. The molecule has 1 N–H and O–H groups in total. The van der Waals surface area contributed by atoms with Gasteiger partial charge in [0.15, 0.2) is 0 Å². The molecule has 0 saturated heterocycles. The van der Waals surface area contributed by atoms with Gasteiger partial charge in [-0.05, 0) is 53.4 Å². The zero-order valence-corrected chi connectivity index (χ0v) is 15.5. The van der Waals surface area contributed by atoms with E-state index in [4.69, 9.17) is 0 Å². The van der Waals surface area contributed by atoms with Crippen molar-refractivity contribution < 1.29 is 0 Å². The Labute approximate surface area is 156 Å². The van der Waals surface area contributed by atoms with Crippen molar-refractivity contribution in [1.82, 2.24) is 9.97 Å². The molecule has 0 aliphatic carbocycles. The van der Waals surface area contributed by atoms with Crippen LogP contribution >= 0.6 is 27.3 Å². The second kappa shape index (κ2) is 6.78. The molecule has 4 rings (SSSR count). The first kappa shape index (κ1) is 16.0. The molecule has 0 radical (unpaired) electrons. The van der Waals surface area contributed by atoms with Crippen LogP contribution in [0.25, 0.3) is 33.5 Å². The fraction of sp³-hybridized carbons (Fsp3) is 0. The predicted molar refractivity (Wildman–Crippen MR) is 109 cm³/mol. The minimum absolute atomic E-state index is 0.0852. The third-order valence-corrected chi connectivity index (χ3v) is 5.27. The quantitative estimate of drug-likeness (QED) is 0.480. The van der Waals surface area contributed by atoms with Crippen molar-refractivity contribution in [2.24, 2.45) is 0 Å². The van der Waals surface area contributed by atoms with Crippen molar-refractivity contribution in [3.63, 3.8) is 0 Å². The summed E-state index contributed by atoms with van der Waals surface area (Å²) in [6, 6.07) is 15.6. The summed E-state index contributed by atoms with van der Waals surface area (Å²) in [7, 11) is 0. The Bertz CT molecular complexity index is 1120. The number of nitrogens with zero attached hydrogens (tertiary/aromatic N) is 1. The zero-order valence-electron chi connectivity index (χ0n) is 13.1. The van der Waals surface area contributed by atoms with Crippen molar-refractivity contribution in [3.05, 3.63) is 86.2 Å². The first-order valence-electron chi connectivity index (χ1n) is 7.71. The Morgan fingerprint density at radius 3 is 2.76 bits per heavy atom. The van der Waals surface area contributed by atoms with Crippen LogP contribution in [0, 0.1) is 0 Å². The first-order valence-corrected chi connectivity index (χ1v) is 9.38. The van der Waals surface area contributed by atoms with Crippen LogP contribution in [0.4, 0.5) is 0 Å². The van der Waals surface area contributed by atoms with Crippen molar-refractivity contribution >= 4 is 50.3 Å². The van der Waals surface area contributed by atoms with Crippen molar-refractivity contribution in [1.29, 1.82) is 0 Å². The van der Waals surface area contributed by atoms with E-state index < -0.39 is 0 Å². The highest BCUT2D eigenvalue weighted by molar-refractivity contribution is 9.10. The van der Waals surface area contributed by atoms with Gasteiger partial charge in [-0.2, -0.15) is 0 Å². The molecular weight excluding hydrogens is 396 g/mol. The van der Waals surface area contributed by atoms with Gasteiger partial charge in [-0.25, -0.2) is 0 Å². The van der Waals surface area contributed by atoms with E-state index in [2.05, 4.69) is 25.9 Å². The number of pyridine rings is 2. The average Bonchev–Trinajstić information content (AvgIpc) is 3.15. The molecule has 0 atom stereocenters. The van der Waals surface area contributed by atoms with E-state index in [0.29, 0.717) is 5.56 Å². The fourth-order valence-corrected chi connectivity index (χ4v) is 3.91. The standard InChI is InChI=1S/C20H13BrN2OS/c21-13-6-9-17-16(12-13)15(8-7-14-4-1-2-10-22-14)19(20(24)23-17)18-5-3-11-25-18/h1-12H,(H,23,24). The number of H-pyrrole nitrogens is 1. The number of hydrogen-bond donors (Lipinski definition) is 1. The minimum Gasteiger partial charge on any atom is -0.321 e. The van der Waals surface area contributed by atoms with Gasteiger partial charge in [0.25, 0.3) is 5.56 Å². The third-order valence-electron chi connectivity index (χ3n) is 3.89. The monoisotopic (exact) mass is 408 g/mol. The number of halogens is 1. The Balaban J connectivity index is 2.01. The van der Waals surface area contributed by atoms with E-state index in [1.54, 1.807) is 17.5 Å². The number of rotatable bonds is 3. The lowest BCUT2D eigenvalue weighted by molar-refractivity contribution is 1.29. The Hall–Kier alpha value is -2.50. The minimum atomic E-state index is -0.0852. The van der Waals surface area contributed by atoms with Gasteiger partial charge in [0.2, 0.25) is 0 Å². The largest absolute Gasteiger partial charge is 0.321 e. The van der Waals surface area contributed by atoms with Gasteiger partial charge >= 0.3 is 0 Å². The van der Waals surface area contributed by atoms with E-state index in [0.717, 1.165) is 31.5 Å². The van der Waals surface area contributed by atoms with Gasteiger partial charge in [0.05, 0.1) is 11.3 Å². The average molecular weight is 409 g/mol. The topological polar surface area (TPSA) is 45.8 Å². The van der Waals surface area contributed by atoms with Crippen LogP contribution in [0.1, 0.15) is 11.3 Å². The maximum Gasteiger partial charge on any atom is 0.257 e. The predicted octanol–water partition coefficient (Wildman–Crippen LogP) is 5.58. The van der Waals surface area contributed by atoms with Gasteiger partial charge in [0, 0.05) is 26.4 Å². The SMILES string of the molecule is O=c1[nH]c2ccc(Br)cc2c(C=Cc2ccccn2)c1-c1cccs1. The normalized spacial score (nSPS) is 11.4. The molecule has 0 aliphatic rings. The second-order valence-electron chi connectivity index (χ2n) is 5.50. The summed E-state index contributed by atoms with van der Waals surface area (Å²) in [5, 5.41) is 2.97. The highest BCUT2D eigenvalue weighted by atomic mass is 79.9. The molecule has 0 aliphatic heterocycles. The lowest BCUT2D eigenvalue weighted by Gasteiger charge is -2.09. The van der Waals surface area contributed by atoms with E-state index in [9.17, 15) is 4.79 Å². The molecule has 122 valence electrons. The first-order chi connectivity index (χ1) is 12.2. The smallest absolute Gasteiger partial charge is 0.257 e. The van der Waals surface area contributed by atoms with Gasteiger partial charge < -0.3 is 4.98 Å². The van der Waals surface area contributed by atoms with Crippen LogP contribution in [0.5, 0.6) is 0 Å². The number of nitrogens with one attached hydrogen (secondary N) is 1. The van der Waals surface area contributed by atoms with Gasteiger partial charge in [-0.15, -0.1) is 11.3 Å². The number of aromatic nitrogens is 2. The fourth-order valence-electron chi connectivity index (χ4n) is 2.77. The van der Waals surface area contributed by atoms with E-state index >= 15 is 0 Å². The van der Waals surface area contributed by atoms with Crippen LogP contribution < -0.4 is 5.56 Å². The summed E-state index contributed by atoms with van der Waals surface area (Å²) in [6.45, 7) is 0. The van der Waals surface area contributed by atoms with Crippen molar-refractivity contribution in [3.8, 4) is 10.4 Å². The summed E-state index contributed by atoms with van der Waals surface area (Å²) in [4.78, 5) is 21.0. The van der Waals surface area contributed by atoms with E-state index in [1.165, 1.54) is 0 Å². The number of fused-ring (bicyclic) bond motifs is 1. The van der Waals surface area contributed by atoms with Crippen LogP contribution in [-0.2, 0) is 0 Å². The number of thiophene rings is 1. The summed E-state index contributed by atoms with van der Waals surface area (Å²) in [5.41, 5.74) is 3.16. The lowest BCUT2D eigenvalue weighted by atomic mass is 10.0. The van der Waals surface area contributed by atoms with Crippen LogP contribution in [0.15, 0.2) is 69.4 Å². The molecule has 0 amide bonds. The van der Waals surface area contributed by atoms with Crippen LogP contribution in [0.3, 0.4) is 0 Å². The number of aromatic amines is 1. The number of hydrogen-bond acceptors (Lipinski definition) is 3. The molecule has 0 fully saturated rings. The van der Waals surface area contributed by atoms with E-state index in [1.807, 2.05) is 66.1 Å². The molecule has 3 aromatic heterocycles. The summed E-state index contributed by atoms with van der Waals surface area (Å²) < 4.78 is 0.969. The molecule has 0 saturated carbocycles. The molecule has 25 heavy (non-hydrogen) atoms. The highest BCUT2D eigenvalue weighted by Crippen LogP contribution is 2.31. The zero-order chi connectivity index (χ0) is 17.2. The second-order valence-corrected chi connectivity index (χ2v) is 7.36. The molecule has 3 nitrogen and oxygen atoms in total. The Morgan fingerprint density at radius 1 is 1.08 bits per heavy atom.